The van der Waals surface area contributed by atoms with Gasteiger partial charge in [0.05, 0.1) is 24.3 Å². The minimum Gasteiger partial charge on any atom is -0.493 e. The maximum atomic E-state index is 12.5. The Bertz CT molecular complexity index is 792. The first-order valence-electron chi connectivity index (χ1n) is 8.21. The van der Waals surface area contributed by atoms with E-state index in [9.17, 15) is 18.0 Å². The van der Waals surface area contributed by atoms with Gasteiger partial charge in [0.25, 0.3) is 5.91 Å². The van der Waals surface area contributed by atoms with Crippen LogP contribution in [-0.2, 0) is 12.6 Å². The van der Waals surface area contributed by atoms with Gasteiger partial charge in [-0.15, -0.1) is 0 Å². The molecule has 0 bridgehead atoms. The van der Waals surface area contributed by atoms with Crippen LogP contribution in [0.3, 0.4) is 0 Å². The first-order chi connectivity index (χ1) is 12.8. The van der Waals surface area contributed by atoms with Gasteiger partial charge in [0, 0.05) is 12.1 Å². The molecule has 0 aliphatic rings. The van der Waals surface area contributed by atoms with Gasteiger partial charge in [0.2, 0.25) is 0 Å². The lowest BCUT2D eigenvalue weighted by Crippen LogP contribution is -2.25. The lowest BCUT2D eigenvalue weighted by molar-refractivity contribution is -0.137. The molecule has 1 amide bonds. The Morgan fingerprint density at radius 3 is 2.41 bits per heavy atom. The summed E-state index contributed by atoms with van der Waals surface area (Å²) in [5.41, 5.74) is 0.282. The van der Waals surface area contributed by atoms with Crippen LogP contribution >= 0.6 is 11.6 Å². The van der Waals surface area contributed by atoms with Crippen molar-refractivity contribution in [2.24, 2.45) is 0 Å². The molecule has 0 saturated heterocycles. The number of alkyl halides is 3. The number of carbonyl (C=O) groups excluding carboxylic acids is 1. The van der Waals surface area contributed by atoms with Crippen LogP contribution in [0.5, 0.6) is 11.5 Å². The second-order valence-corrected chi connectivity index (χ2v) is 6.03. The summed E-state index contributed by atoms with van der Waals surface area (Å²) >= 11 is 6.14. The van der Waals surface area contributed by atoms with Gasteiger partial charge in [-0.05, 0) is 43.2 Å². The van der Waals surface area contributed by atoms with Crippen LogP contribution in [0.1, 0.15) is 28.4 Å². The second kappa shape index (κ2) is 8.99. The Hall–Kier alpha value is -2.41. The minimum absolute atomic E-state index is 0.254. The van der Waals surface area contributed by atoms with Crippen LogP contribution in [0.15, 0.2) is 36.4 Å². The number of amides is 1. The molecule has 4 nitrogen and oxygen atoms in total. The van der Waals surface area contributed by atoms with E-state index in [0.717, 1.165) is 12.1 Å². The van der Waals surface area contributed by atoms with Crippen molar-refractivity contribution < 1.29 is 27.4 Å². The molecule has 27 heavy (non-hydrogen) atoms. The van der Waals surface area contributed by atoms with Crippen molar-refractivity contribution in [3.05, 3.63) is 58.1 Å². The number of hydrogen-bond donors (Lipinski definition) is 1. The fourth-order valence-corrected chi connectivity index (χ4v) is 2.68. The molecule has 0 fully saturated rings. The molecule has 2 rings (SSSR count). The zero-order valence-electron chi connectivity index (χ0n) is 14.8. The van der Waals surface area contributed by atoms with Crippen molar-refractivity contribution in [1.29, 1.82) is 0 Å². The van der Waals surface area contributed by atoms with E-state index in [2.05, 4.69) is 5.32 Å². The topological polar surface area (TPSA) is 47.6 Å². The van der Waals surface area contributed by atoms with Gasteiger partial charge >= 0.3 is 6.18 Å². The van der Waals surface area contributed by atoms with Gasteiger partial charge in [0.1, 0.15) is 0 Å². The number of rotatable bonds is 7. The van der Waals surface area contributed by atoms with E-state index in [1.807, 2.05) is 0 Å². The average molecular weight is 402 g/mol. The normalized spacial score (nSPS) is 11.2. The highest BCUT2D eigenvalue weighted by Gasteiger charge is 2.29. The number of carbonyl (C=O) groups is 1. The molecule has 0 aliphatic carbocycles. The Morgan fingerprint density at radius 2 is 1.85 bits per heavy atom. The van der Waals surface area contributed by atoms with E-state index in [1.165, 1.54) is 31.4 Å². The molecule has 2 aromatic rings. The summed E-state index contributed by atoms with van der Waals surface area (Å²) in [6.45, 7) is 2.46. The summed E-state index contributed by atoms with van der Waals surface area (Å²) in [5, 5.41) is 2.96. The largest absolute Gasteiger partial charge is 0.493 e. The van der Waals surface area contributed by atoms with Crippen LogP contribution in [0, 0.1) is 0 Å². The minimum atomic E-state index is -4.36. The van der Waals surface area contributed by atoms with Crippen molar-refractivity contribution in [2.75, 3.05) is 20.3 Å². The van der Waals surface area contributed by atoms with E-state index in [1.54, 1.807) is 6.92 Å². The van der Waals surface area contributed by atoms with Crippen LogP contribution in [0.4, 0.5) is 13.2 Å². The van der Waals surface area contributed by atoms with Crippen molar-refractivity contribution in [1.82, 2.24) is 5.32 Å². The van der Waals surface area contributed by atoms with Gasteiger partial charge in [-0.2, -0.15) is 13.2 Å². The highest BCUT2D eigenvalue weighted by molar-refractivity contribution is 6.32. The Labute approximate surface area is 160 Å². The van der Waals surface area contributed by atoms with Crippen molar-refractivity contribution in [3.8, 4) is 11.5 Å². The molecule has 0 aromatic heterocycles. The Kier molecular flexibility index (Phi) is 6.96. The van der Waals surface area contributed by atoms with E-state index < -0.39 is 11.7 Å². The molecule has 0 heterocycles. The molecule has 8 heteroatoms. The summed E-state index contributed by atoms with van der Waals surface area (Å²) in [7, 11) is 1.44. The second-order valence-electron chi connectivity index (χ2n) is 5.62. The van der Waals surface area contributed by atoms with E-state index in [0.29, 0.717) is 35.7 Å². The predicted octanol–water partition coefficient (Wildman–Crippen LogP) is 4.74. The van der Waals surface area contributed by atoms with Crippen LogP contribution < -0.4 is 14.8 Å². The first-order valence-corrected chi connectivity index (χ1v) is 8.58. The maximum absolute atomic E-state index is 12.5. The van der Waals surface area contributed by atoms with Crippen molar-refractivity contribution in [2.45, 2.75) is 19.5 Å². The number of nitrogens with one attached hydrogen (secondary N) is 1. The highest BCUT2D eigenvalue weighted by atomic mass is 35.5. The molecule has 146 valence electrons. The Morgan fingerprint density at radius 1 is 1.19 bits per heavy atom. The number of ether oxygens (including phenoxy) is 2. The third-order valence-corrected chi connectivity index (χ3v) is 4.04. The highest BCUT2D eigenvalue weighted by Crippen LogP contribution is 2.36. The lowest BCUT2D eigenvalue weighted by atomic mass is 10.1. The van der Waals surface area contributed by atoms with Gasteiger partial charge < -0.3 is 14.8 Å². The molecular formula is C19H19ClF3NO3. The predicted molar refractivity (Wildman–Crippen MR) is 96.7 cm³/mol. The maximum Gasteiger partial charge on any atom is 0.416 e. The van der Waals surface area contributed by atoms with Crippen LogP contribution in [-0.4, -0.2) is 26.2 Å². The third-order valence-electron chi connectivity index (χ3n) is 3.76. The molecule has 0 aliphatic heterocycles. The van der Waals surface area contributed by atoms with Gasteiger partial charge in [0.15, 0.2) is 11.5 Å². The summed E-state index contributed by atoms with van der Waals surface area (Å²) < 4.78 is 48.2. The molecule has 0 unspecified atom stereocenters. The first kappa shape index (κ1) is 20.9. The average Bonchev–Trinajstić information content (AvgIpc) is 2.62. The zero-order chi connectivity index (χ0) is 20.0. The zero-order valence-corrected chi connectivity index (χ0v) is 15.6. The van der Waals surface area contributed by atoms with Gasteiger partial charge in [-0.25, -0.2) is 0 Å². The summed E-state index contributed by atoms with van der Waals surface area (Å²) in [4.78, 5) is 12.3. The molecule has 2 aromatic carbocycles. The molecule has 0 saturated carbocycles. The molecule has 1 N–H and O–H groups in total. The Balaban J connectivity index is 1.98. The third kappa shape index (κ3) is 5.53. The standard InChI is InChI=1S/C19H19ClF3NO3/c1-3-27-17-15(20)10-13(11-16(17)26-2)18(25)24-9-8-12-4-6-14(7-5-12)19(21,22)23/h4-7,10-11H,3,8-9H2,1-2H3,(H,24,25). The monoisotopic (exact) mass is 401 g/mol. The number of halogens is 4. The number of methoxy groups -OCH3 is 1. The molecule has 0 atom stereocenters. The fourth-order valence-electron chi connectivity index (χ4n) is 2.42. The SMILES string of the molecule is CCOc1c(Cl)cc(C(=O)NCCc2ccc(C(F)(F)F)cc2)cc1OC. The van der Waals surface area contributed by atoms with Crippen LogP contribution in [0.25, 0.3) is 0 Å². The smallest absolute Gasteiger partial charge is 0.416 e. The van der Waals surface area contributed by atoms with Crippen LogP contribution in [0.2, 0.25) is 5.02 Å². The number of benzene rings is 2. The van der Waals surface area contributed by atoms with E-state index in [4.69, 9.17) is 21.1 Å². The molecule has 0 spiro atoms. The quantitative estimate of drug-likeness (QED) is 0.729. The van der Waals surface area contributed by atoms with Crippen molar-refractivity contribution >= 4 is 17.5 Å². The summed E-state index contributed by atoms with van der Waals surface area (Å²) in [6, 6.07) is 7.83. The molecular weight excluding hydrogens is 383 g/mol. The van der Waals surface area contributed by atoms with Gasteiger partial charge in [-0.1, -0.05) is 23.7 Å². The fraction of sp³-hybridized carbons (Fsp3) is 0.316. The summed E-state index contributed by atoms with van der Waals surface area (Å²) in [6.07, 6.45) is -3.97. The number of hydrogen-bond acceptors (Lipinski definition) is 3. The van der Waals surface area contributed by atoms with E-state index >= 15 is 0 Å². The molecule has 0 radical (unpaired) electrons. The summed E-state index contributed by atoms with van der Waals surface area (Å²) in [5.74, 6) is 0.338. The lowest BCUT2D eigenvalue weighted by Gasteiger charge is -2.13. The van der Waals surface area contributed by atoms with Crippen molar-refractivity contribution in [3.63, 3.8) is 0 Å². The van der Waals surface area contributed by atoms with E-state index in [-0.39, 0.29) is 17.5 Å². The van der Waals surface area contributed by atoms with Gasteiger partial charge in [-0.3, -0.25) is 4.79 Å².